The lowest BCUT2D eigenvalue weighted by atomic mass is 9.87. The Bertz CT molecular complexity index is 862. The molecule has 0 spiro atoms. The van der Waals surface area contributed by atoms with Gasteiger partial charge in [0.15, 0.2) is 6.61 Å². The van der Waals surface area contributed by atoms with E-state index in [4.69, 9.17) is 4.74 Å². The molecule has 29 heavy (non-hydrogen) atoms. The predicted molar refractivity (Wildman–Crippen MR) is 108 cm³/mol. The Kier molecular flexibility index (Phi) is 6.98. The summed E-state index contributed by atoms with van der Waals surface area (Å²) in [5.74, 6) is -1.48. The average Bonchev–Trinajstić information content (AvgIpc) is 2.70. The van der Waals surface area contributed by atoms with Crippen LogP contribution in [0, 0.1) is 0 Å². The van der Waals surface area contributed by atoms with E-state index >= 15 is 0 Å². The second-order valence-electron chi connectivity index (χ2n) is 7.39. The number of benzene rings is 2. The van der Waals surface area contributed by atoms with Crippen molar-refractivity contribution < 1.29 is 28.6 Å². The molecule has 0 saturated heterocycles. The van der Waals surface area contributed by atoms with Gasteiger partial charge in [-0.15, -0.1) is 0 Å². The fourth-order valence-corrected chi connectivity index (χ4v) is 2.55. The fraction of sp³-hybridized carbons (Fsp3) is 0.318. The van der Waals surface area contributed by atoms with Gasteiger partial charge >= 0.3 is 11.9 Å². The Morgan fingerprint density at radius 3 is 1.83 bits per heavy atom. The lowest BCUT2D eigenvalue weighted by Gasteiger charge is -2.19. The molecule has 2 aromatic rings. The summed E-state index contributed by atoms with van der Waals surface area (Å²) < 4.78 is 14.8. The van der Waals surface area contributed by atoms with Crippen molar-refractivity contribution in [1.29, 1.82) is 0 Å². The minimum absolute atomic E-state index is 0.0215. The molecule has 2 aromatic carbocycles. The number of ether oxygens (including phenoxy) is 3. The zero-order chi connectivity index (χ0) is 21.6. The summed E-state index contributed by atoms with van der Waals surface area (Å²) in [6.07, 6.45) is 0. The maximum Gasteiger partial charge on any atom is 0.338 e. The topological polar surface area (TPSA) is 90.9 Å². The molecule has 1 N–H and O–H groups in total. The van der Waals surface area contributed by atoms with Crippen molar-refractivity contribution in [3.63, 3.8) is 0 Å². The molecule has 0 aromatic heterocycles. The van der Waals surface area contributed by atoms with Crippen molar-refractivity contribution >= 4 is 23.5 Å². The standard InChI is InChI=1S/C22H25NO6/c1-22(2,3)16-6-8-17(9-7-16)23-19(24)13-29-18-11-14(20(25)27-4)10-15(12-18)21(26)28-5/h6-12H,13H2,1-5H3,(H,23,24). The summed E-state index contributed by atoms with van der Waals surface area (Å²) in [7, 11) is 2.46. The van der Waals surface area contributed by atoms with E-state index in [1.807, 2.05) is 24.3 Å². The molecule has 0 aliphatic rings. The number of hydrogen-bond donors (Lipinski definition) is 1. The molecule has 0 saturated carbocycles. The number of anilines is 1. The van der Waals surface area contributed by atoms with Gasteiger partial charge in [-0.1, -0.05) is 32.9 Å². The zero-order valence-corrected chi connectivity index (χ0v) is 17.2. The molecule has 0 bridgehead atoms. The maximum absolute atomic E-state index is 12.2. The second-order valence-corrected chi connectivity index (χ2v) is 7.39. The molecule has 7 heteroatoms. The van der Waals surface area contributed by atoms with Gasteiger partial charge in [-0.2, -0.15) is 0 Å². The zero-order valence-electron chi connectivity index (χ0n) is 17.2. The number of esters is 2. The third-order valence-corrected chi connectivity index (χ3v) is 4.15. The van der Waals surface area contributed by atoms with Gasteiger partial charge in [-0.25, -0.2) is 9.59 Å². The molecule has 0 radical (unpaired) electrons. The summed E-state index contributed by atoms with van der Waals surface area (Å²) in [6.45, 7) is 6.03. The number of methoxy groups -OCH3 is 2. The molecule has 0 aliphatic carbocycles. The van der Waals surface area contributed by atoms with Gasteiger partial charge in [-0.05, 0) is 41.3 Å². The van der Waals surface area contributed by atoms with Crippen molar-refractivity contribution in [2.45, 2.75) is 26.2 Å². The molecule has 0 fully saturated rings. The van der Waals surface area contributed by atoms with Gasteiger partial charge in [0.1, 0.15) is 5.75 Å². The van der Waals surface area contributed by atoms with Crippen LogP contribution >= 0.6 is 0 Å². The van der Waals surface area contributed by atoms with Crippen LogP contribution in [0.2, 0.25) is 0 Å². The van der Waals surface area contributed by atoms with Gasteiger partial charge in [0.25, 0.3) is 5.91 Å². The van der Waals surface area contributed by atoms with E-state index in [2.05, 4.69) is 35.6 Å². The number of nitrogens with one attached hydrogen (secondary N) is 1. The summed E-state index contributed by atoms with van der Waals surface area (Å²) in [5.41, 5.74) is 2.05. The molecule has 154 valence electrons. The van der Waals surface area contributed by atoms with Crippen molar-refractivity contribution in [2.24, 2.45) is 0 Å². The van der Waals surface area contributed by atoms with Crippen LogP contribution < -0.4 is 10.1 Å². The minimum Gasteiger partial charge on any atom is -0.484 e. The smallest absolute Gasteiger partial charge is 0.338 e. The Hall–Kier alpha value is -3.35. The monoisotopic (exact) mass is 399 g/mol. The largest absolute Gasteiger partial charge is 0.484 e. The Morgan fingerprint density at radius 1 is 0.862 bits per heavy atom. The quantitative estimate of drug-likeness (QED) is 0.747. The first kappa shape index (κ1) is 21.9. The molecule has 7 nitrogen and oxygen atoms in total. The van der Waals surface area contributed by atoms with Gasteiger partial charge in [0.05, 0.1) is 25.3 Å². The van der Waals surface area contributed by atoms with Crippen molar-refractivity contribution in [2.75, 3.05) is 26.1 Å². The summed E-state index contributed by atoms with van der Waals surface area (Å²) >= 11 is 0. The number of rotatable bonds is 6. The highest BCUT2D eigenvalue weighted by Crippen LogP contribution is 2.23. The van der Waals surface area contributed by atoms with E-state index < -0.39 is 11.9 Å². The molecule has 0 unspecified atom stereocenters. The van der Waals surface area contributed by atoms with Crippen LogP contribution in [0.1, 0.15) is 47.1 Å². The van der Waals surface area contributed by atoms with E-state index in [0.717, 1.165) is 5.56 Å². The van der Waals surface area contributed by atoms with E-state index in [-0.39, 0.29) is 34.8 Å². The molecule has 0 heterocycles. The molecule has 0 aliphatic heterocycles. The van der Waals surface area contributed by atoms with Crippen LogP contribution in [0.15, 0.2) is 42.5 Å². The van der Waals surface area contributed by atoms with Crippen LogP contribution in [-0.2, 0) is 19.7 Å². The van der Waals surface area contributed by atoms with Crippen LogP contribution in [0.5, 0.6) is 5.75 Å². The first-order valence-electron chi connectivity index (χ1n) is 8.99. The van der Waals surface area contributed by atoms with Gasteiger partial charge in [0, 0.05) is 5.69 Å². The Balaban J connectivity index is 2.07. The Morgan fingerprint density at radius 2 is 1.38 bits per heavy atom. The van der Waals surface area contributed by atoms with E-state index in [1.54, 1.807) is 0 Å². The molecular weight excluding hydrogens is 374 g/mol. The highest BCUT2D eigenvalue weighted by Gasteiger charge is 2.16. The maximum atomic E-state index is 12.2. The summed E-state index contributed by atoms with van der Waals surface area (Å²) in [4.78, 5) is 35.8. The van der Waals surface area contributed by atoms with Crippen LogP contribution in [0.4, 0.5) is 5.69 Å². The summed E-state index contributed by atoms with van der Waals surface area (Å²) in [6, 6.07) is 11.7. The summed E-state index contributed by atoms with van der Waals surface area (Å²) in [5, 5.41) is 2.74. The Labute approximate surface area is 170 Å². The molecule has 1 amide bonds. The first-order chi connectivity index (χ1) is 13.6. The predicted octanol–water partition coefficient (Wildman–Crippen LogP) is 3.57. The van der Waals surface area contributed by atoms with Gasteiger partial charge in [-0.3, -0.25) is 4.79 Å². The highest BCUT2D eigenvalue weighted by atomic mass is 16.5. The van der Waals surface area contributed by atoms with E-state index in [0.29, 0.717) is 5.69 Å². The van der Waals surface area contributed by atoms with Crippen LogP contribution in [0.3, 0.4) is 0 Å². The molecular formula is C22H25NO6. The van der Waals surface area contributed by atoms with Crippen molar-refractivity contribution in [3.8, 4) is 5.75 Å². The normalized spacial score (nSPS) is 10.8. The van der Waals surface area contributed by atoms with E-state index in [1.165, 1.54) is 32.4 Å². The number of amides is 1. The van der Waals surface area contributed by atoms with Gasteiger partial charge < -0.3 is 19.5 Å². The lowest BCUT2D eigenvalue weighted by molar-refractivity contribution is -0.118. The number of carbonyl (C=O) groups excluding carboxylic acids is 3. The number of hydrogen-bond acceptors (Lipinski definition) is 6. The van der Waals surface area contributed by atoms with E-state index in [9.17, 15) is 14.4 Å². The second kappa shape index (κ2) is 9.23. The van der Waals surface area contributed by atoms with Crippen molar-refractivity contribution in [3.05, 3.63) is 59.2 Å². The number of carbonyl (C=O) groups is 3. The van der Waals surface area contributed by atoms with Crippen LogP contribution in [-0.4, -0.2) is 38.7 Å². The van der Waals surface area contributed by atoms with Crippen LogP contribution in [0.25, 0.3) is 0 Å². The highest BCUT2D eigenvalue weighted by molar-refractivity contribution is 5.96. The lowest BCUT2D eigenvalue weighted by Crippen LogP contribution is -2.20. The first-order valence-corrected chi connectivity index (χ1v) is 8.99. The third kappa shape index (κ3) is 6.07. The molecule has 0 atom stereocenters. The van der Waals surface area contributed by atoms with Gasteiger partial charge in [0.2, 0.25) is 0 Å². The average molecular weight is 399 g/mol. The SMILES string of the molecule is COC(=O)c1cc(OCC(=O)Nc2ccc(C(C)(C)C)cc2)cc(C(=O)OC)c1. The molecule has 2 rings (SSSR count). The fourth-order valence-electron chi connectivity index (χ4n) is 2.55. The third-order valence-electron chi connectivity index (χ3n) is 4.15. The minimum atomic E-state index is -0.635. The van der Waals surface area contributed by atoms with Crippen molar-refractivity contribution in [1.82, 2.24) is 0 Å².